The summed E-state index contributed by atoms with van der Waals surface area (Å²) < 4.78 is 4.41. The number of rotatable bonds is 2. The molecule has 0 N–H and O–H groups in total. The van der Waals surface area contributed by atoms with Crippen LogP contribution < -0.4 is 20.2 Å². The van der Waals surface area contributed by atoms with Crippen LogP contribution >= 0.6 is 0 Å². The van der Waals surface area contributed by atoms with Crippen LogP contribution in [0.25, 0.3) is 0 Å². The van der Waals surface area contributed by atoms with E-state index in [0.717, 1.165) is 9.03 Å². The Morgan fingerprint density at radius 3 is 2.35 bits per heavy atom. The van der Waals surface area contributed by atoms with Crippen molar-refractivity contribution in [3.05, 3.63) is 57.4 Å². The summed E-state index contributed by atoms with van der Waals surface area (Å²) in [6, 6.07) is 9.82. The number of benzene rings is 1. The molecule has 0 fully saturated rings. The van der Waals surface area contributed by atoms with E-state index in [1.165, 1.54) is 11.6 Å². The molecule has 0 aliphatic heterocycles. The van der Waals surface area contributed by atoms with Crippen molar-refractivity contribution in [3.8, 4) is 0 Å². The van der Waals surface area contributed by atoms with E-state index in [4.69, 9.17) is 0 Å². The van der Waals surface area contributed by atoms with Gasteiger partial charge in [-0.25, -0.2) is 0 Å². The molecule has 2 rings (SSSR count). The number of aryl methyl sites for hydroxylation is 1. The molecule has 2 aromatic rings. The molecule has 0 amide bonds. The van der Waals surface area contributed by atoms with Gasteiger partial charge in [-0.05, 0) is 0 Å². The quantitative estimate of drug-likeness (QED) is 0.649. The minimum atomic E-state index is -0.289. The van der Waals surface area contributed by atoms with Crippen LogP contribution in [0.5, 0.6) is 0 Å². The second-order valence-corrected chi connectivity index (χ2v) is 6.01. The van der Waals surface area contributed by atoms with Crippen molar-refractivity contribution in [2.24, 2.45) is 14.1 Å². The molecule has 0 bridgehead atoms. The summed E-state index contributed by atoms with van der Waals surface area (Å²) in [4.78, 5) is 23.4. The zero-order valence-corrected chi connectivity index (χ0v) is 11.3. The Morgan fingerprint density at radius 1 is 1.06 bits per heavy atom. The van der Waals surface area contributed by atoms with Gasteiger partial charge in [0.2, 0.25) is 0 Å². The van der Waals surface area contributed by atoms with Crippen molar-refractivity contribution in [1.29, 1.82) is 0 Å². The standard InChI is InChI=1S/C12H12N2O2Se/c1-13-8-10(11(15)14(2)12(13)16)17-9-6-4-3-5-7-9/h3-8H,1-2H3. The van der Waals surface area contributed by atoms with E-state index >= 15 is 0 Å². The van der Waals surface area contributed by atoms with Gasteiger partial charge in [0.25, 0.3) is 0 Å². The van der Waals surface area contributed by atoms with Gasteiger partial charge in [-0.15, -0.1) is 0 Å². The summed E-state index contributed by atoms with van der Waals surface area (Å²) in [5, 5.41) is 0. The normalized spacial score (nSPS) is 10.5. The summed E-state index contributed by atoms with van der Waals surface area (Å²) in [5.41, 5.74) is -0.487. The third-order valence-corrected chi connectivity index (χ3v) is 4.50. The van der Waals surface area contributed by atoms with E-state index in [-0.39, 0.29) is 26.2 Å². The third-order valence-electron chi connectivity index (χ3n) is 2.39. The molecule has 5 heteroatoms. The number of aromatic nitrogens is 2. The zero-order chi connectivity index (χ0) is 12.4. The Bertz CT molecular complexity index is 644. The predicted molar refractivity (Wildman–Crippen MR) is 68.4 cm³/mol. The summed E-state index contributed by atoms with van der Waals surface area (Å²) in [5.74, 6) is 0. The van der Waals surface area contributed by atoms with Gasteiger partial charge in [0.15, 0.2) is 0 Å². The molecule has 1 heterocycles. The van der Waals surface area contributed by atoms with Crippen LogP contribution in [-0.4, -0.2) is 24.1 Å². The van der Waals surface area contributed by atoms with E-state index in [2.05, 4.69) is 0 Å². The maximum absolute atomic E-state index is 11.9. The third kappa shape index (κ3) is 2.40. The first-order chi connectivity index (χ1) is 8.09. The van der Waals surface area contributed by atoms with Crippen molar-refractivity contribution in [2.45, 2.75) is 0 Å². The van der Waals surface area contributed by atoms with Gasteiger partial charge < -0.3 is 0 Å². The van der Waals surface area contributed by atoms with E-state index in [9.17, 15) is 9.59 Å². The Balaban J connectivity index is 2.48. The van der Waals surface area contributed by atoms with Crippen LogP contribution in [0.2, 0.25) is 0 Å². The van der Waals surface area contributed by atoms with Crippen LogP contribution in [0.15, 0.2) is 46.1 Å². The van der Waals surface area contributed by atoms with E-state index in [1.807, 2.05) is 30.3 Å². The molecule has 88 valence electrons. The van der Waals surface area contributed by atoms with E-state index in [0.29, 0.717) is 4.46 Å². The van der Waals surface area contributed by atoms with Crippen molar-refractivity contribution in [2.75, 3.05) is 0 Å². The van der Waals surface area contributed by atoms with Gasteiger partial charge in [0.1, 0.15) is 0 Å². The summed E-state index contributed by atoms with van der Waals surface area (Å²) in [7, 11) is 3.17. The Hall–Kier alpha value is -1.58. The van der Waals surface area contributed by atoms with E-state index < -0.39 is 0 Å². The Labute approximate surface area is 105 Å². The molecule has 1 aromatic carbocycles. The molecule has 0 radical (unpaired) electrons. The van der Waals surface area contributed by atoms with Crippen molar-refractivity contribution >= 4 is 23.9 Å². The van der Waals surface area contributed by atoms with Crippen molar-refractivity contribution in [1.82, 2.24) is 9.13 Å². The van der Waals surface area contributed by atoms with Crippen LogP contribution in [-0.2, 0) is 14.1 Å². The molecule has 0 aliphatic rings. The van der Waals surface area contributed by atoms with Crippen molar-refractivity contribution in [3.63, 3.8) is 0 Å². The van der Waals surface area contributed by atoms with Gasteiger partial charge in [-0.3, -0.25) is 0 Å². The second kappa shape index (κ2) is 4.73. The zero-order valence-electron chi connectivity index (χ0n) is 9.58. The van der Waals surface area contributed by atoms with Gasteiger partial charge in [-0.2, -0.15) is 0 Å². The summed E-state index contributed by atoms with van der Waals surface area (Å²) in [6.45, 7) is 0. The first-order valence-corrected chi connectivity index (χ1v) is 6.80. The van der Waals surface area contributed by atoms with Gasteiger partial charge in [-0.1, -0.05) is 0 Å². The molecule has 0 unspecified atom stereocenters. The molecular weight excluding hydrogens is 283 g/mol. The average molecular weight is 295 g/mol. The fourth-order valence-corrected chi connectivity index (χ4v) is 3.52. The molecule has 17 heavy (non-hydrogen) atoms. The van der Waals surface area contributed by atoms with Crippen LogP contribution in [0, 0.1) is 0 Å². The molecule has 0 saturated carbocycles. The fourth-order valence-electron chi connectivity index (χ4n) is 1.46. The molecule has 0 saturated heterocycles. The number of hydrogen-bond donors (Lipinski definition) is 0. The molecule has 0 aliphatic carbocycles. The van der Waals surface area contributed by atoms with Crippen LogP contribution in [0.4, 0.5) is 0 Å². The van der Waals surface area contributed by atoms with Crippen LogP contribution in [0.3, 0.4) is 0 Å². The molecular formula is C12H12N2O2Se. The van der Waals surface area contributed by atoms with Crippen LogP contribution in [0.1, 0.15) is 0 Å². The topological polar surface area (TPSA) is 44.0 Å². The first kappa shape index (κ1) is 11.9. The summed E-state index contributed by atoms with van der Waals surface area (Å²) in [6.07, 6.45) is 1.64. The molecule has 0 spiro atoms. The number of hydrogen-bond acceptors (Lipinski definition) is 2. The first-order valence-electron chi connectivity index (χ1n) is 5.09. The maximum atomic E-state index is 11.9. The van der Waals surface area contributed by atoms with E-state index in [1.54, 1.807) is 13.2 Å². The molecule has 4 nitrogen and oxygen atoms in total. The minimum absolute atomic E-state index is 0.0679. The van der Waals surface area contributed by atoms with Gasteiger partial charge >= 0.3 is 104 Å². The Morgan fingerprint density at radius 2 is 1.71 bits per heavy atom. The molecule has 0 atom stereocenters. The SMILES string of the molecule is Cn1cc([Se]c2ccccc2)c(=O)n(C)c1=O. The second-order valence-electron chi connectivity index (χ2n) is 3.67. The monoisotopic (exact) mass is 296 g/mol. The average Bonchev–Trinajstić information content (AvgIpc) is 2.35. The van der Waals surface area contributed by atoms with Gasteiger partial charge in [0, 0.05) is 0 Å². The fraction of sp³-hybridized carbons (Fsp3) is 0.167. The van der Waals surface area contributed by atoms with Crippen molar-refractivity contribution < 1.29 is 0 Å². The van der Waals surface area contributed by atoms with Gasteiger partial charge in [0.05, 0.1) is 0 Å². The number of nitrogens with zero attached hydrogens (tertiary/aromatic N) is 2. The predicted octanol–water partition coefficient (Wildman–Crippen LogP) is -1.26. The summed E-state index contributed by atoms with van der Waals surface area (Å²) >= 11 is -0.0679. The Kier molecular flexibility index (Phi) is 3.31. The molecule has 1 aromatic heterocycles.